The minimum Gasteiger partial charge on any atom is -0.368 e. The zero-order valence-corrected chi connectivity index (χ0v) is 6.43. The molecule has 12 heavy (non-hydrogen) atoms. The van der Waals surface area contributed by atoms with Crippen LogP contribution in [0.4, 0.5) is 0 Å². The maximum absolute atomic E-state index is 10.3. The summed E-state index contributed by atoms with van der Waals surface area (Å²) in [7, 11) is 0. The predicted molar refractivity (Wildman–Crippen MR) is 40.9 cm³/mol. The average molecular weight is 167 g/mol. The van der Waals surface area contributed by atoms with Crippen molar-refractivity contribution in [1.82, 2.24) is 10.2 Å². The summed E-state index contributed by atoms with van der Waals surface area (Å²) in [5.41, 5.74) is 5.73. The number of primary amides is 1. The van der Waals surface area contributed by atoms with Gasteiger partial charge in [0.05, 0.1) is 12.8 Å². The van der Waals surface area contributed by atoms with Crippen molar-refractivity contribution < 1.29 is 9.53 Å². The number of amides is 1. The third-order valence-corrected chi connectivity index (χ3v) is 1.16. The van der Waals surface area contributed by atoms with E-state index in [1.165, 1.54) is 0 Å². The fourth-order valence-corrected chi connectivity index (χ4v) is 0.673. The molecular weight excluding hydrogens is 158 g/mol. The van der Waals surface area contributed by atoms with E-state index in [9.17, 15) is 4.79 Å². The van der Waals surface area contributed by atoms with Gasteiger partial charge in [-0.15, -0.1) is 0 Å². The van der Waals surface area contributed by atoms with Crippen molar-refractivity contribution in [2.75, 3.05) is 6.61 Å². The Labute approximate surface area is 69.5 Å². The summed E-state index contributed by atoms with van der Waals surface area (Å²) in [6.07, 6.45) is 3.13. The van der Waals surface area contributed by atoms with Crippen LogP contribution in [-0.2, 0) is 16.1 Å². The summed E-state index contributed by atoms with van der Waals surface area (Å²) < 4.78 is 4.94. The molecule has 5 heteroatoms. The van der Waals surface area contributed by atoms with Crippen molar-refractivity contribution in [2.24, 2.45) is 5.73 Å². The van der Waals surface area contributed by atoms with Crippen LogP contribution in [0, 0.1) is 0 Å². The Morgan fingerprint density at radius 3 is 3.00 bits per heavy atom. The standard InChI is InChI=1S/C7H9N3O2/c8-7(11)5-12-4-6-1-2-9-10-3-6/h1-3H,4-5H2,(H2,8,11). The highest BCUT2D eigenvalue weighted by atomic mass is 16.5. The SMILES string of the molecule is NC(=O)COCc1ccnnc1. The number of nitrogens with two attached hydrogens (primary N) is 1. The van der Waals surface area contributed by atoms with Crippen molar-refractivity contribution in [1.29, 1.82) is 0 Å². The van der Waals surface area contributed by atoms with Gasteiger partial charge in [-0.1, -0.05) is 0 Å². The highest BCUT2D eigenvalue weighted by Crippen LogP contribution is 1.95. The minimum absolute atomic E-state index is 0.0671. The maximum Gasteiger partial charge on any atom is 0.243 e. The number of carbonyl (C=O) groups excluding carboxylic acids is 1. The highest BCUT2D eigenvalue weighted by molar-refractivity contribution is 5.74. The fraction of sp³-hybridized carbons (Fsp3) is 0.286. The lowest BCUT2D eigenvalue weighted by atomic mass is 10.3. The molecule has 2 N–H and O–H groups in total. The number of nitrogens with zero attached hydrogens (tertiary/aromatic N) is 2. The second-order valence-corrected chi connectivity index (χ2v) is 2.21. The van der Waals surface area contributed by atoms with Crippen LogP contribution in [0.3, 0.4) is 0 Å². The number of carbonyl (C=O) groups is 1. The minimum atomic E-state index is -0.475. The Kier molecular flexibility index (Phi) is 3.16. The smallest absolute Gasteiger partial charge is 0.243 e. The summed E-state index contributed by atoms with van der Waals surface area (Å²) >= 11 is 0. The van der Waals surface area contributed by atoms with Crippen molar-refractivity contribution in [3.63, 3.8) is 0 Å². The van der Waals surface area contributed by atoms with E-state index in [0.29, 0.717) is 6.61 Å². The van der Waals surface area contributed by atoms with Gasteiger partial charge in [-0.05, 0) is 11.6 Å². The zero-order chi connectivity index (χ0) is 8.81. The monoisotopic (exact) mass is 167 g/mol. The molecule has 1 heterocycles. The molecule has 1 aromatic heterocycles. The lowest BCUT2D eigenvalue weighted by Gasteiger charge is -1.99. The van der Waals surface area contributed by atoms with E-state index in [1.807, 2.05) is 0 Å². The maximum atomic E-state index is 10.3. The largest absolute Gasteiger partial charge is 0.368 e. The fourth-order valence-electron chi connectivity index (χ4n) is 0.673. The Balaban J connectivity index is 2.29. The van der Waals surface area contributed by atoms with Gasteiger partial charge in [0.2, 0.25) is 5.91 Å². The summed E-state index contributed by atoms with van der Waals surface area (Å²) in [5.74, 6) is -0.475. The molecule has 0 saturated carbocycles. The van der Waals surface area contributed by atoms with E-state index < -0.39 is 5.91 Å². The lowest BCUT2D eigenvalue weighted by Crippen LogP contribution is -2.17. The molecule has 0 bridgehead atoms. The third-order valence-electron chi connectivity index (χ3n) is 1.16. The van der Waals surface area contributed by atoms with Crippen LogP contribution in [0.5, 0.6) is 0 Å². The van der Waals surface area contributed by atoms with Crippen LogP contribution < -0.4 is 5.73 Å². The zero-order valence-electron chi connectivity index (χ0n) is 6.43. The van der Waals surface area contributed by atoms with E-state index in [1.54, 1.807) is 18.5 Å². The van der Waals surface area contributed by atoms with Gasteiger partial charge in [0, 0.05) is 6.20 Å². The van der Waals surface area contributed by atoms with Gasteiger partial charge >= 0.3 is 0 Å². The van der Waals surface area contributed by atoms with Crippen LogP contribution in [0.2, 0.25) is 0 Å². The number of aromatic nitrogens is 2. The van der Waals surface area contributed by atoms with Gasteiger partial charge in [0.15, 0.2) is 0 Å². The second-order valence-electron chi connectivity index (χ2n) is 2.21. The van der Waals surface area contributed by atoms with E-state index >= 15 is 0 Å². The van der Waals surface area contributed by atoms with Crippen molar-refractivity contribution >= 4 is 5.91 Å². The molecule has 0 atom stereocenters. The van der Waals surface area contributed by atoms with Crippen LogP contribution >= 0.6 is 0 Å². The molecule has 0 saturated heterocycles. The molecule has 0 aliphatic heterocycles. The number of ether oxygens (including phenoxy) is 1. The number of rotatable bonds is 4. The second kappa shape index (κ2) is 4.40. The number of hydrogen-bond donors (Lipinski definition) is 1. The molecule has 0 unspecified atom stereocenters. The van der Waals surface area contributed by atoms with Crippen LogP contribution in [0.15, 0.2) is 18.5 Å². The van der Waals surface area contributed by atoms with Crippen LogP contribution in [0.25, 0.3) is 0 Å². The van der Waals surface area contributed by atoms with Crippen molar-refractivity contribution in [3.8, 4) is 0 Å². The molecule has 0 fully saturated rings. The normalized spacial score (nSPS) is 9.67. The Bertz CT molecular complexity index is 250. The molecule has 0 spiro atoms. The summed E-state index contributed by atoms with van der Waals surface area (Å²) in [6.45, 7) is 0.265. The Morgan fingerprint density at radius 1 is 1.58 bits per heavy atom. The highest BCUT2D eigenvalue weighted by Gasteiger charge is 1.95. The van der Waals surface area contributed by atoms with Gasteiger partial charge < -0.3 is 10.5 Å². The summed E-state index contributed by atoms with van der Waals surface area (Å²) in [4.78, 5) is 10.3. The van der Waals surface area contributed by atoms with E-state index in [4.69, 9.17) is 10.5 Å². The van der Waals surface area contributed by atoms with Crippen LogP contribution in [0.1, 0.15) is 5.56 Å². The molecule has 0 aromatic carbocycles. The Morgan fingerprint density at radius 2 is 2.42 bits per heavy atom. The number of hydrogen-bond acceptors (Lipinski definition) is 4. The molecule has 0 aliphatic carbocycles. The van der Waals surface area contributed by atoms with E-state index in [-0.39, 0.29) is 6.61 Å². The van der Waals surface area contributed by atoms with Gasteiger partial charge in [-0.2, -0.15) is 10.2 Å². The van der Waals surface area contributed by atoms with Gasteiger partial charge in [-0.25, -0.2) is 0 Å². The first-order chi connectivity index (χ1) is 5.79. The van der Waals surface area contributed by atoms with Gasteiger partial charge in [-0.3, -0.25) is 4.79 Å². The first kappa shape index (κ1) is 8.61. The average Bonchev–Trinajstić information content (AvgIpc) is 2.05. The molecule has 5 nitrogen and oxygen atoms in total. The summed E-state index contributed by atoms with van der Waals surface area (Å²) in [6, 6.07) is 1.76. The first-order valence-electron chi connectivity index (χ1n) is 3.40. The van der Waals surface area contributed by atoms with E-state index in [0.717, 1.165) is 5.56 Å². The molecular formula is C7H9N3O2. The first-order valence-corrected chi connectivity index (χ1v) is 3.40. The van der Waals surface area contributed by atoms with Crippen molar-refractivity contribution in [2.45, 2.75) is 6.61 Å². The van der Waals surface area contributed by atoms with Crippen LogP contribution in [-0.4, -0.2) is 22.7 Å². The molecule has 1 aromatic rings. The Hall–Kier alpha value is -1.49. The lowest BCUT2D eigenvalue weighted by molar-refractivity contribution is -0.122. The topological polar surface area (TPSA) is 78.1 Å². The molecule has 1 rings (SSSR count). The van der Waals surface area contributed by atoms with E-state index in [2.05, 4.69) is 10.2 Å². The summed E-state index contributed by atoms with van der Waals surface area (Å²) in [5, 5.41) is 7.23. The predicted octanol–water partition coefficient (Wildman–Crippen LogP) is -0.522. The molecule has 64 valence electrons. The van der Waals surface area contributed by atoms with Gasteiger partial charge in [0.25, 0.3) is 0 Å². The molecule has 0 radical (unpaired) electrons. The third kappa shape index (κ3) is 3.07. The quantitative estimate of drug-likeness (QED) is 0.654. The molecule has 1 amide bonds. The van der Waals surface area contributed by atoms with Crippen molar-refractivity contribution in [3.05, 3.63) is 24.0 Å². The van der Waals surface area contributed by atoms with Gasteiger partial charge in [0.1, 0.15) is 6.61 Å². The molecule has 0 aliphatic rings.